The van der Waals surface area contributed by atoms with Crippen LogP contribution in [-0.4, -0.2) is 23.0 Å². The summed E-state index contributed by atoms with van der Waals surface area (Å²) in [6.45, 7) is 3.63. The number of rotatable bonds is 6. The molecule has 4 nitrogen and oxygen atoms in total. The van der Waals surface area contributed by atoms with E-state index in [1.165, 1.54) is 36.4 Å². The molecule has 1 unspecified atom stereocenters. The quantitative estimate of drug-likeness (QED) is 0.786. The van der Waals surface area contributed by atoms with Crippen LogP contribution in [0.15, 0.2) is 30.3 Å². The van der Waals surface area contributed by atoms with Crippen molar-refractivity contribution in [2.75, 3.05) is 0 Å². The van der Waals surface area contributed by atoms with Crippen molar-refractivity contribution in [2.24, 2.45) is 5.92 Å². The van der Waals surface area contributed by atoms with E-state index in [2.05, 4.69) is 5.32 Å². The molecule has 5 heteroatoms. The minimum atomic E-state index is -1.05. The second-order valence-electron chi connectivity index (χ2n) is 4.59. The lowest BCUT2D eigenvalue weighted by Gasteiger charge is -2.19. The maximum absolute atomic E-state index is 12.7. The molecule has 0 aliphatic heterocycles. The average Bonchev–Trinajstić information content (AvgIpc) is 2.43. The highest BCUT2D eigenvalue weighted by Gasteiger charge is 2.24. The van der Waals surface area contributed by atoms with Crippen molar-refractivity contribution in [1.82, 2.24) is 5.32 Å². The standard InChI is InChI=1S/C15H18FNO3/c1-3-10(2)14(15(19)20)17-13(18)9-6-11-4-7-12(16)8-5-11/h4-10,14H,3H2,1-2H3,(H,17,18)(H,19,20)/t10?,14-/m0/s1. The number of hydrogen-bond donors (Lipinski definition) is 2. The van der Waals surface area contributed by atoms with Crippen molar-refractivity contribution in [1.29, 1.82) is 0 Å². The third-order valence-electron chi connectivity index (χ3n) is 3.07. The summed E-state index contributed by atoms with van der Waals surface area (Å²) < 4.78 is 12.7. The second-order valence-corrected chi connectivity index (χ2v) is 4.59. The SMILES string of the molecule is CCC(C)[C@H](NC(=O)C=Cc1ccc(F)cc1)C(=O)O. The molecule has 20 heavy (non-hydrogen) atoms. The van der Waals surface area contributed by atoms with E-state index in [-0.39, 0.29) is 11.7 Å². The molecule has 0 bridgehead atoms. The molecule has 0 saturated heterocycles. The number of amides is 1. The fraction of sp³-hybridized carbons (Fsp3) is 0.333. The number of carboxylic acids is 1. The largest absolute Gasteiger partial charge is 0.480 e. The Morgan fingerprint density at radius 2 is 1.95 bits per heavy atom. The van der Waals surface area contributed by atoms with Gasteiger partial charge in [0.1, 0.15) is 11.9 Å². The maximum Gasteiger partial charge on any atom is 0.326 e. The third kappa shape index (κ3) is 4.84. The molecule has 108 valence electrons. The molecule has 0 aliphatic rings. The Bertz CT molecular complexity index is 496. The van der Waals surface area contributed by atoms with Crippen molar-refractivity contribution < 1.29 is 19.1 Å². The van der Waals surface area contributed by atoms with Gasteiger partial charge < -0.3 is 10.4 Å². The fourth-order valence-electron chi connectivity index (χ4n) is 1.63. The fourth-order valence-corrected chi connectivity index (χ4v) is 1.63. The molecule has 0 spiro atoms. The number of carbonyl (C=O) groups is 2. The molecule has 0 aromatic heterocycles. The molecule has 1 rings (SSSR count). The molecule has 1 amide bonds. The van der Waals surface area contributed by atoms with Gasteiger partial charge in [-0.15, -0.1) is 0 Å². The number of carbonyl (C=O) groups excluding carboxylic acids is 1. The van der Waals surface area contributed by atoms with E-state index in [9.17, 15) is 14.0 Å². The Morgan fingerprint density at radius 3 is 2.45 bits per heavy atom. The van der Waals surface area contributed by atoms with Crippen LogP contribution in [0.2, 0.25) is 0 Å². The summed E-state index contributed by atoms with van der Waals surface area (Å²) in [7, 11) is 0. The van der Waals surface area contributed by atoms with Gasteiger partial charge in [-0.2, -0.15) is 0 Å². The van der Waals surface area contributed by atoms with Crippen molar-refractivity contribution in [3.8, 4) is 0 Å². The van der Waals surface area contributed by atoms with Gasteiger partial charge in [0.2, 0.25) is 5.91 Å². The first kappa shape index (κ1) is 15.9. The van der Waals surface area contributed by atoms with Crippen molar-refractivity contribution in [3.63, 3.8) is 0 Å². The lowest BCUT2D eigenvalue weighted by molar-refractivity contribution is -0.142. The van der Waals surface area contributed by atoms with Gasteiger partial charge in [0, 0.05) is 6.08 Å². The zero-order chi connectivity index (χ0) is 15.1. The smallest absolute Gasteiger partial charge is 0.326 e. The summed E-state index contributed by atoms with van der Waals surface area (Å²) in [4.78, 5) is 22.7. The molecule has 0 saturated carbocycles. The van der Waals surface area contributed by atoms with Gasteiger partial charge in [0.25, 0.3) is 0 Å². The third-order valence-corrected chi connectivity index (χ3v) is 3.07. The summed E-state index contributed by atoms with van der Waals surface area (Å²) in [5, 5.41) is 11.5. The van der Waals surface area contributed by atoms with E-state index in [1.54, 1.807) is 6.92 Å². The Morgan fingerprint density at radius 1 is 1.35 bits per heavy atom. The maximum atomic E-state index is 12.7. The number of hydrogen-bond acceptors (Lipinski definition) is 2. The van der Waals surface area contributed by atoms with Crippen LogP contribution in [0.25, 0.3) is 6.08 Å². The Hall–Kier alpha value is -2.17. The summed E-state index contributed by atoms with van der Waals surface area (Å²) in [5.41, 5.74) is 0.664. The van der Waals surface area contributed by atoms with E-state index in [0.29, 0.717) is 12.0 Å². The molecule has 0 fully saturated rings. The molecule has 2 atom stereocenters. The number of carboxylic acid groups (broad SMARTS) is 1. The first-order chi connectivity index (χ1) is 9.43. The summed E-state index contributed by atoms with van der Waals surface area (Å²) in [6, 6.07) is 4.73. The molecule has 0 heterocycles. The van der Waals surface area contributed by atoms with Crippen LogP contribution in [0.5, 0.6) is 0 Å². The Kier molecular flexibility index (Phi) is 5.90. The van der Waals surface area contributed by atoms with Gasteiger partial charge in [0.15, 0.2) is 0 Å². The number of aliphatic carboxylic acids is 1. The van der Waals surface area contributed by atoms with E-state index >= 15 is 0 Å². The number of nitrogens with one attached hydrogen (secondary N) is 1. The van der Waals surface area contributed by atoms with E-state index in [0.717, 1.165) is 0 Å². The zero-order valence-electron chi connectivity index (χ0n) is 11.5. The van der Waals surface area contributed by atoms with E-state index in [1.807, 2.05) is 6.92 Å². The first-order valence-electron chi connectivity index (χ1n) is 6.41. The number of benzene rings is 1. The van der Waals surface area contributed by atoms with Crippen LogP contribution in [0.1, 0.15) is 25.8 Å². The summed E-state index contributed by atoms with van der Waals surface area (Å²) in [6.07, 6.45) is 3.40. The van der Waals surface area contributed by atoms with Gasteiger partial charge in [-0.05, 0) is 29.7 Å². The molecule has 0 aliphatic carbocycles. The van der Waals surface area contributed by atoms with Gasteiger partial charge in [0.05, 0.1) is 0 Å². The topological polar surface area (TPSA) is 66.4 Å². The van der Waals surface area contributed by atoms with Crippen molar-refractivity contribution in [3.05, 3.63) is 41.7 Å². The summed E-state index contributed by atoms with van der Waals surface area (Å²) in [5.74, 6) is -2.05. The predicted octanol–water partition coefficient (Wildman–Crippen LogP) is 2.45. The van der Waals surface area contributed by atoms with E-state index < -0.39 is 17.9 Å². The normalized spacial score (nSPS) is 13.9. The van der Waals surface area contributed by atoms with Gasteiger partial charge >= 0.3 is 5.97 Å². The second kappa shape index (κ2) is 7.43. The highest BCUT2D eigenvalue weighted by atomic mass is 19.1. The molecule has 2 N–H and O–H groups in total. The molecule has 1 aromatic rings. The van der Waals surface area contributed by atoms with Crippen LogP contribution >= 0.6 is 0 Å². The minimum absolute atomic E-state index is 0.157. The summed E-state index contributed by atoms with van der Waals surface area (Å²) >= 11 is 0. The lowest BCUT2D eigenvalue weighted by atomic mass is 9.99. The highest BCUT2D eigenvalue weighted by Crippen LogP contribution is 2.08. The number of halogens is 1. The molecule has 0 radical (unpaired) electrons. The Balaban J connectivity index is 2.66. The molecular formula is C15H18FNO3. The van der Waals surface area contributed by atoms with Gasteiger partial charge in [-0.3, -0.25) is 4.79 Å². The Labute approximate surface area is 117 Å². The molecular weight excluding hydrogens is 261 g/mol. The van der Waals surface area contributed by atoms with Crippen molar-refractivity contribution in [2.45, 2.75) is 26.3 Å². The van der Waals surface area contributed by atoms with Crippen LogP contribution < -0.4 is 5.32 Å². The monoisotopic (exact) mass is 279 g/mol. The minimum Gasteiger partial charge on any atom is -0.480 e. The van der Waals surface area contributed by atoms with Crippen molar-refractivity contribution >= 4 is 18.0 Å². The first-order valence-corrected chi connectivity index (χ1v) is 6.41. The zero-order valence-corrected chi connectivity index (χ0v) is 11.5. The average molecular weight is 279 g/mol. The van der Waals surface area contributed by atoms with Gasteiger partial charge in [-0.1, -0.05) is 32.4 Å². The lowest BCUT2D eigenvalue weighted by Crippen LogP contribution is -2.44. The van der Waals surface area contributed by atoms with Crippen LogP contribution in [0.3, 0.4) is 0 Å². The van der Waals surface area contributed by atoms with Crippen LogP contribution in [0, 0.1) is 11.7 Å². The van der Waals surface area contributed by atoms with Crippen LogP contribution in [-0.2, 0) is 9.59 Å². The molecule has 1 aromatic carbocycles. The van der Waals surface area contributed by atoms with E-state index in [4.69, 9.17) is 5.11 Å². The predicted molar refractivity (Wildman–Crippen MR) is 74.5 cm³/mol. The van der Waals surface area contributed by atoms with Gasteiger partial charge in [-0.25, -0.2) is 9.18 Å². The highest BCUT2D eigenvalue weighted by molar-refractivity contribution is 5.94. The van der Waals surface area contributed by atoms with Crippen LogP contribution in [0.4, 0.5) is 4.39 Å².